The van der Waals surface area contributed by atoms with Gasteiger partial charge in [0.15, 0.2) is 0 Å². The normalized spacial score (nSPS) is 11.9. The Morgan fingerprint density at radius 2 is 1.35 bits per heavy atom. The van der Waals surface area contributed by atoms with Crippen molar-refractivity contribution in [3.05, 3.63) is 90.7 Å². The summed E-state index contributed by atoms with van der Waals surface area (Å²) in [7, 11) is 0. The smallest absolute Gasteiger partial charge is 0.343 e. The predicted molar refractivity (Wildman–Crippen MR) is 165 cm³/mol. The number of unbranched alkanes of at least 4 members (excludes halogenated alkanes) is 6. The lowest BCUT2D eigenvalue weighted by atomic mass is 10.0. The largest absolute Gasteiger partial charge is 0.494 e. The Balaban J connectivity index is 1.40. The van der Waals surface area contributed by atoms with Crippen molar-refractivity contribution >= 4 is 5.97 Å². The van der Waals surface area contributed by atoms with Crippen LogP contribution in [0.5, 0.6) is 17.2 Å². The van der Waals surface area contributed by atoms with Gasteiger partial charge in [-0.25, -0.2) is 4.79 Å². The SMILES string of the molecule is CCCCCCC=COc1ccc(-c2ccc(OC(=O)c3ccc(OCCCCCC(C)CC)cc3)cc2)cc1. The number of carbonyl (C=O) groups excluding carboxylic acids is 1. The molecule has 4 nitrogen and oxygen atoms in total. The van der Waals surface area contributed by atoms with E-state index in [4.69, 9.17) is 14.2 Å². The third kappa shape index (κ3) is 11.3. The van der Waals surface area contributed by atoms with E-state index in [1.165, 1.54) is 51.4 Å². The Bertz CT molecular complexity index is 1130. The molecule has 40 heavy (non-hydrogen) atoms. The lowest BCUT2D eigenvalue weighted by Gasteiger charge is -2.09. The second-order valence-corrected chi connectivity index (χ2v) is 10.5. The maximum Gasteiger partial charge on any atom is 0.343 e. The molecule has 0 N–H and O–H groups in total. The van der Waals surface area contributed by atoms with Crippen LogP contribution in [0.1, 0.15) is 95.3 Å². The molecule has 3 rings (SSSR count). The summed E-state index contributed by atoms with van der Waals surface area (Å²) < 4.78 is 17.1. The molecule has 0 spiro atoms. The van der Waals surface area contributed by atoms with Crippen LogP contribution in [0.15, 0.2) is 85.1 Å². The number of ether oxygens (including phenoxy) is 3. The molecule has 4 heteroatoms. The number of rotatable bonds is 18. The summed E-state index contributed by atoms with van der Waals surface area (Å²) in [6.45, 7) is 7.48. The fraction of sp³-hybridized carbons (Fsp3) is 0.417. The van der Waals surface area contributed by atoms with Crippen molar-refractivity contribution in [1.82, 2.24) is 0 Å². The highest BCUT2D eigenvalue weighted by Gasteiger charge is 2.09. The fourth-order valence-corrected chi connectivity index (χ4v) is 4.34. The van der Waals surface area contributed by atoms with Gasteiger partial charge in [0.2, 0.25) is 0 Å². The Morgan fingerprint density at radius 1 is 0.725 bits per heavy atom. The molecule has 3 aromatic carbocycles. The molecule has 1 unspecified atom stereocenters. The van der Waals surface area contributed by atoms with Crippen molar-refractivity contribution in [1.29, 1.82) is 0 Å². The zero-order chi connectivity index (χ0) is 28.4. The first-order valence-electron chi connectivity index (χ1n) is 15.1. The molecule has 0 fully saturated rings. The highest BCUT2D eigenvalue weighted by atomic mass is 16.5. The van der Waals surface area contributed by atoms with Crippen molar-refractivity contribution in [2.24, 2.45) is 5.92 Å². The van der Waals surface area contributed by atoms with E-state index >= 15 is 0 Å². The summed E-state index contributed by atoms with van der Waals surface area (Å²) in [5.74, 6) is 2.52. The molecule has 1 atom stereocenters. The molecule has 0 amide bonds. The minimum absolute atomic E-state index is 0.385. The van der Waals surface area contributed by atoms with Crippen molar-refractivity contribution in [3.63, 3.8) is 0 Å². The average Bonchev–Trinajstić information content (AvgIpc) is 2.99. The van der Waals surface area contributed by atoms with E-state index in [2.05, 4.69) is 26.8 Å². The number of esters is 1. The van der Waals surface area contributed by atoms with Crippen molar-refractivity contribution in [2.75, 3.05) is 6.61 Å². The summed E-state index contributed by atoms with van der Waals surface area (Å²) in [5, 5.41) is 0. The minimum Gasteiger partial charge on any atom is -0.494 e. The van der Waals surface area contributed by atoms with E-state index in [1.54, 1.807) is 18.4 Å². The molecule has 0 saturated heterocycles. The number of allylic oxidation sites excluding steroid dienone is 1. The molecule has 0 bridgehead atoms. The zero-order valence-corrected chi connectivity index (χ0v) is 24.6. The third-order valence-electron chi connectivity index (χ3n) is 7.17. The summed E-state index contributed by atoms with van der Waals surface area (Å²) >= 11 is 0. The summed E-state index contributed by atoms with van der Waals surface area (Å²) in [4.78, 5) is 12.6. The maximum atomic E-state index is 12.6. The second-order valence-electron chi connectivity index (χ2n) is 10.5. The van der Waals surface area contributed by atoms with Gasteiger partial charge in [-0.05, 0) is 90.9 Å². The molecule has 0 heterocycles. The molecule has 0 aliphatic heterocycles. The van der Waals surface area contributed by atoms with E-state index in [-0.39, 0.29) is 5.97 Å². The van der Waals surface area contributed by atoms with Crippen LogP contribution in [0.25, 0.3) is 11.1 Å². The monoisotopic (exact) mass is 542 g/mol. The van der Waals surface area contributed by atoms with Crippen molar-refractivity contribution in [3.8, 4) is 28.4 Å². The average molecular weight is 543 g/mol. The topological polar surface area (TPSA) is 44.8 Å². The van der Waals surface area contributed by atoms with Gasteiger partial charge in [-0.3, -0.25) is 0 Å². The van der Waals surface area contributed by atoms with Crippen LogP contribution in [-0.2, 0) is 0 Å². The Labute approximate surface area is 241 Å². The van der Waals surface area contributed by atoms with Crippen LogP contribution in [0.3, 0.4) is 0 Å². The molecule has 3 aromatic rings. The molecular formula is C36H46O4. The van der Waals surface area contributed by atoms with Gasteiger partial charge in [0.25, 0.3) is 0 Å². The van der Waals surface area contributed by atoms with Crippen LogP contribution >= 0.6 is 0 Å². The summed E-state index contributed by atoms with van der Waals surface area (Å²) in [6, 6.07) is 22.7. The quantitative estimate of drug-likeness (QED) is 0.0694. The van der Waals surface area contributed by atoms with Gasteiger partial charge in [-0.2, -0.15) is 0 Å². The van der Waals surface area contributed by atoms with Gasteiger partial charge < -0.3 is 14.2 Å². The van der Waals surface area contributed by atoms with Gasteiger partial charge in [0, 0.05) is 0 Å². The van der Waals surface area contributed by atoms with Gasteiger partial charge in [-0.1, -0.05) is 90.0 Å². The molecule has 0 aliphatic carbocycles. The fourth-order valence-electron chi connectivity index (χ4n) is 4.34. The maximum absolute atomic E-state index is 12.6. The van der Waals surface area contributed by atoms with E-state index in [0.717, 1.165) is 41.4 Å². The van der Waals surface area contributed by atoms with Gasteiger partial charge >= 0.3 is 5.97 Å². The standard InChI is InChI=1S/C36H46O4/c1-4-6-7-8-9-12-27-38-33-21-15-30(16-22-33)31-17-25-35(26-18-31)40-36(37)32-19-23-34(24-20-32)39-28-13-10-11-14-29(3)5-2/h12,15-27,29H,4-11,13-14,28H2,1-3H3. The lowest BCUT2D eigenvalue weighted by Crippen LogP contribution is -2.08. The molecular weight excluding hydrogens is 496 g/mol. The van der Waals surface area contributed by atoms with E-state index in [1.807, 2.05) is 60.7 Å². The number of hydrogen-bond donors (Lipinski definition) is 0. The highest BCUT2D eigenvalue weighted by Crippen LogP contribution is 2.25. The Morgan fingerprint density at radius 3 is 2.00 bits per heavy atom. The lowest BCUT2D eigenvalue weighted by molar-refractivity contribution is 0.0734. The van der Waals surface area contributed by atoms with Crippen LogP contribution in [-0.4, -0.2) is 12.6 Å². The number of hydrogen-bond acceptors (Lipinski definition) is 4. The van der Waals surface area contributed by atoms with Crippen LogP contribution < -0.4 is 14.2 Å². The Kier molecular flexibility index (Phi) is 13.9. The van der Waals surface area contributed by atoms with E-state index < -0.39 is 0 Å². The van der Waals surface area contributed by atoms with Gasteiger partial charge in [0.05, 0.1) is 18.4 Å². The summed E-state index contributed by atoms with van der Waals surface area (Å²) in [5.41, 5.74) is 2.61. The zero-order valence-electron chi connectivity index (χ0n) is 24.6. The first-order chi connectivity index (χ1) is 19.6. The van der Waals surface area contributed by atoms with Gasteiger partial charge in [-0.15, -0.1) is 0 Å². The van der Waals surface area contributed by atoms with Crippen LogP contribution in [0.4, 0.5) is 0 Å². The minimum atomic E-state index is -0.385. The summed E-state index contributed by atoms with van der Waals surface area (Å²) in [6.07, 6.45) is 16.0. The van der Waals surface area contributed by atoms with Crippen LogP contribution in [0.2, 0.25) is 0 Å². The van der Waals surface area contributed by atoms with Crippen molar-refractivity contribution in [2.45, 2.75) is 85.0 Å². The van der Waals surface area contributed by atoms with E-state index in [0.29, 0.717) is 17.9 Å². The van der Waals surface area contributed by atoms with Gasteiger partial charge in [0.1, 0.15) is 17.2 Å². The molecule has 214 valence electrons. The predicted octanol–water partition coefficient (Wildman–Crippen LogP) is 10.4. The second kappa shape index (κ2) is 17.9. The first kappa shape index (κ1) is 31.0. The molecule has 0 aliphatic rings. The Hall–Kier alpha value is -3.53. The first-order valence-corrected chi connectivity index (χ1v) is 15.1. The number of benzene rings is 3. The van der Waals surface area contributed by atoms with Crippen LogP contribution in [0, 0.1) is 5.92 Å². The van der Waals surface area contributed by atoms with Crippen molar-refractivity contribution < 1.29 is 19.0 Å². The number of carbonyl (C=O) groups is 1. The highest BCUT2D eigenvalue weighted by molar-refractivity contribution is 5.91. The molecule has 0 aromatic heterocycles. The molecule has 0 radical (unpaired) electrons. The van der Waals surface area contributed by atoms with E-state index in [9.17, 15) is 4.79 Å². The third-order valence-corrected chi connectivity index (χ3v) is 7.17. The molecule has 0 saturated carbocycles.